The van der Waals surface area contributed by atoms with Crippen molar-refractivity contribution in [2.24, 2.45) is 0 Å². The Kier molecular flexibility index (Phi) is 7.74. The number of nitrogens with zero attached hydrogens (tertiary/aromatic N) is 4. The number of rotatable bonds is 5. The van der Waals surface area contributed by atoms with Crippen molar-refractivity contribution in [3.63, 3.8) is 0 Å². The highest BCUT2D eigenvalue weighted by Crippen LogP contribution is 2.42. The smallest absolute Gasteiger partial charge is 0.166 e. The molecule has 0 fully saturated rings. The van der Waals surface area contributed by atoms with Gasteiger partial charge in [0.25, 0.3) is 0 Å². The van der Waals surface area contributed by atoms with Crippen molar-refractivity contribution < 1.29 is 0 Å². The lowest BCUT2D eigenvalue weighted by Crippen LogP contribution is -2.02. The van der Waals surface area contributed by atoms with Gasteiger partial charge in [0.05, 0.1) is 11.0 Å². The van der Waals surface area contributed by atoms with E-state index in [1.807, 2.05) is 29.5 Å². The van der Waals surface area contributed by atoms with Gasteiger partial charge in [0.1, 0.15) is 0 Å². The quantitative estimate of drug-likeness (QED) is 0.163. The number of para-hydroxylation sites is 3. The highest BCUT2D eigenvalue weighted by molar-refractivity contribution is 7.25. The lowest BCUT2D eigenvalue weighted by atomic mass is 9.92. The Morgan fingerprint density at radius 3 is 1.58 bits per heavy atom. The molecule has 62 heavy (non-hydrogen) atoms. The van der Waals surface area contributed by atoms with Crippen molar-refractivity contribution in [1.29, 1.82) is 0 Å². The molecule has 0 aliphatic rings. The maximum atomic E-state index is 5.30. The molecule has 3 aromatic heterocycles. The van der Waals surface area contributed by atoms with Gasteiger partial charge in [-0.25, -0.2) is 15.0 Å². The van der Waals surface area contributed by atoms with Gasteiger partial charge >= 0.3 is 0 Å². The largest absolute Gasteiger partial charge is 0.309 e. The molecular formula is C57H34N4S. The summed E-state index contributed by atoms with van der Waals surface area (Å²) in [6.07, 6.45) is 0. The molecule has 10 aromatic carbocycles. The standard InChI is InChI=1S/C57H34N4S/c1-3-14-35(15-4-1)55-58-56(60-57(59-55)48-24-13-23-47-45-22-11-12-25-51(45)61(54(47)48)39-16-5-2-6-17-39)38-27-30-46-50-33-37(28-31-52(50)62-53(46)34-38)36-26-29-44-42-20-8-7-18-40(42)41-19-9-10-21-43(41)49(44)32-36/h1-34H. The second-order valence-electron chi connectivity index (χ2n) is 15.9. The minimum absolute atomic E-state index is 0.636. The third-order valence-electron chi connectivity index (χ3n) is 12.4. The van der Waals surface area contributed by atoms with Gasteiger partial charge in [-0.2, -0.15) is 0 Å². The first-order chi connectivity index (χ1) is 30.7. The lowest BCUT2D eigenvalue weighted by molar-refractivity contribution is 1.07. The average molecular weight is 807 g/mol. The fourth-order valence-corrected chi connectivity index (χ4v) is 10.7. The Hall–Kier alpha value is -7.99. The summed E-state index contributed by atoms with van der Waals surface area (Å²) >= 11 is 1.81. The van der Waals surface area contributed by atoms with E-state index in [1.54, 1.807) is 0 Å². The van der Waals surface area contributed by atoms with Gasteiger partial charge in [-0.3, -0.25) is 0 Å². The van der Waals surface area contributed by atoms with Gasteiger partial charge in [0.15, 0.2) is 17.5 Å². The molecule has 0 aliphatic heterocycles. The van der Waals surface area contributed by atoms with Crippen LogP contribution in [0, 0.1) is 0 Å². The fraction of sp³-hybridized carbons (Fsp3) is 0. The minimum atomic E-state index is 0.636. The number of thiophene rings is 1. The first kappa shape index (κ1) is 34.8. The maximum absolute atomic E-state index is 5.30. The predicted octanol–water partition coefficient (Wildman–Crippen LogP) is 15.5. The van der Waals surface area contributed by atoms with E-state index in [4.69, 9.17) is 15.0 Å². The molecule has 13 rings (SSSR count). The third-order valence-corrected chi connectivity index (χ3v) is 13.6. The van der Waals surface area contributed by atoms with Crippen molar-refractivity contribution in [2.45, 2.75) is 0 Å². The SMILES string of the molecule is c1ccc(-c2nc(-c3ccc4c(c3)sc3ccc(-c5ccc6c7ccccc7c7ccccc7c6c5)cc34)nc(-c3cccc4c5ccccc5n(-c5ccccc5)c34)n2)cc1. The molecule has 0 aliphatic carbocycles. The summed E-state index contributed by atoms with van der Waals surface area (Å²) in [5, 5.41) is 12.5. The maximum Gasteiger partial charge on any atom is 0.166 e. The highest BCUT2D eigenvalue weighted by atomic mass is 32.1. The predicted molar refractivity (Wildman–Crippen MR) is 261 cm³/mol. The van der Waals surface area contributed by atoms with Gasteiger partial charge in [-0.1, -0.05) is 158 Å². The molecular weight excluding hydrogens is 773 g/mol. The first-order valence-electron chi connectivity index (χ1n) is 20.9. The Labute approximate surface area is 360 Å². The van der Waals surface area contributed by atoms with E-state index in [0.717, 1.165) is 38.8 Å². The van der Waals surface area contributed by atoms with Crippen LogP contribution in [0.1, 0.15) is 0 Å². The van der Waals surface area contributed by atoms with Crippen LogP contribution in [0.2, 0.25) is 0 Å². The Morgan fingerprint density at radius 1 is 0.306 bits per heavy atom. The van der Waals surface area contributed by atoms with Crippen LogP contribution >= 0.6 is 11.3 Å². The second-order valence-corrected chi connectivity index (χ2v) is 17.0. The van der Waals surface area contributed by atoms with E-state index in [2.05, 4.69) is 193 Å². The summed E-state index contributed by atoms with van der Waals surface area (Å²) in [7, 11) is 0. The van der Waals surface area contributed by atoms with Crippen LogP contribution in [-0.2, 0) is 0 Å². The van der Waals surface area contributed by atoms with E-state index in [-0.39, 0.29) is 0 Å². The van der Waals surface area contributed by atoms with E-state index in [9.17, 15) is 0 Å². The molecule has 0 N–H and O–H groups in total. The van der Waals surface area contributed by atoms with Gasteiger partial charge < -0.3 is 4.57 Å². The van der Waals surface area contributed by atoms with Crippen molar-refractivity contribution in [2.75, 3.05) is 0 Å². The summed E-state index contributed by atoms with van der Waals surface area (Å²) in [5.41, 5.74) is 8.56. The molecule has 0 unspecified atom stereocenters. The van der Waals surface area contributed by atoms with Gasteiger partial charge in [0.2, 0.25) is 0 Å². The van der Waals surface area contributed by atoms with E-state index in [0.29, 0.717) is 17.5 Å². The summed E-state index contributed by atoms with van der Waals surface area (Å²) in [6, 6.07) is 73.9. The van der Waals surface area contributed by atoms with E-state index >= 15 is 0 Å². The Morgan fingerprint density at radius 2 is 0.839 bits per heavy atom. The van der Waals surface area contributed by atoms with Gasteiger partial charge in [0, 0.05) is 53.3 Å². The molecule has 5 heteroatoms. The third kappa shape index (κ3) is 5.42. The average Bonchev–Trinajstić information content (AvgIpc) is 3.89. The molecule has 0 bridgehead atoms. The number of fused-ring (bicyclic) bond motifs is 12. The van der Waals surface area contributed by atoms with Gasteiger partial charge in [-0.05, 0) is 92.0 Å². The van der Waals surface area contributed by atoms with Crippen LogP contribution in [0.5, 0.6) is 0 Å². The van der Waals surface area contributed by atoms with Crippen LogP contribution in [0.4, 0.5) is 0 Å². The zero-order chi connectivity index (χ0) is 40.7. The molecule has 0 atom stereocenters. The zero-order valence-electron chi connectivity index (χ0n) is 33.3. The fourth-order valence-electron chi connectivity index (χ4n) is 9.57. The molecule has 0 saturated carbocycles. The van der Waals surface area contributed by atoms with Crippen molar-refractivity contribution in [3.8, 4) is 51.0 Å². The summed E-state index contributed by atoms with van der Waals surface area (Å²) in [4.78, 5) is 15.7. The van der Waals surface area contributed by atoms with Crippen LogP contribution in [-0.4, -0.2) is 19.5 Å². The number of aromatic nitrogens is 4. The zero-order valence-corrected chi connectivity index (χ0v) is 34.1. The minimum Gasteiger partial charge on any atom is -0.309 e. The molecule has 0 amide bonds. The van der Waals surface area contributed by atoms with E-state index < -0.39 is 0 Å². The first-order valence-corrected chi connectivity index (χ1v) is 21.7. The summed E-state index contributed by atoms with van der Waals surface area (Å²) in [6.45, 7) is 0. The number of hydrogen-bond donors (Lipinski definition) is 0. The Bertz CT molecular complexity index is 3890. The molecule has 0 saturated heterocycles. The molecule has 13 aromatic rings. The topological polar surface area (TPSA) is 43.6 Å². The molecule has 0 radical (unpaired) electrons. The molecule has 3 heterocycles. The van der Waals surface area contributed by atoms with Crippen LogP contribution in [0.15, 0.2) is 206 Å². The number of hydrogen-bond acceptors (Lipinski definition) is 4. The van der Waals surface area contributed by atoms with Crippen LogP contribution in [0.25, 0.3) is 125 Å². The van der Waals surface area contributed by atoms with Crippen molar-refractivity contribution in [1.82, 2.24) is 19.5 Å². The molecule has 4 nitrogen and oxygen atoms in total. The molecule has 0 spiro atoms. The molecule has 288 valence electrons. The van der Waals surface area contributed by atoms with Gasteiger partial charge in [-0.15, -0.1) is 11.3 Å². The van der Waals surface area contributed by atoms with Crippen molar-refractivity contribution in [3.05, 3.63) is 206 Å². The monoisotopic (exact) mass is 806 g/mol. The highest BCUT2D eigenvalue weighted by Gasteiger charge is 2.20. The normalized spacial score (nSPS) is 11.9. The lowest BCUT2D eigenvalue weighted by Gasteiger charge is -2.12. The van der Waals surface area contributed by atoms with Crippen molar-refractivity contribution >= 4 is 85.6 Å². The van der Waals surface area contributed by atoms with Crippen LogP contribution < -0.4 is 0 Å². The summed E-state index contributed by atoms with van der Waals surface area (Å²) < 4.78 is 4.78. The Balaban J connectivity index is 0.963. The number of benzene rings is 10. The van der Waals surface area contributed by atoms with E-state index in [1.165, 1.54) is 69.0 Å². The second kappa shape index (κ2) is 13.8. The summed E-state index contributed by atoms with van der Waals surface area (Å²) in [5.74, 6) is 1.92. The van der Waals surface area contributed by atoms with Crippen LogP contribution in [0.3, 0.4) is 0 Å².